The minimum atomic E-state index is 0.197. The summed E-state index contributed by atoms with van der Waals surface area (Å²) in [6.45, 7) is 6.19. The van der Waals surface area contributed by atoms with E-state index in [9.17, 15) is 0 Å². The van der Waals surface area contributed by atoms with Crippen molar-refractivity contribution in [3.8, 4) is 0 Å². The maximum absolute atomic E-state index is 6.18. The molecule has 1 atom stereocenters. The first-order chi connectivity index (χ1) is 8.47. The summed E-state index contributed by atoms with van der Waals surface area (Å²) < 4.78 is 1.01. The van der Waals surface area contributed by atoms with Gasteiger partial charge in [0.05, 0.1) is 27.5 Å². The second-order valence-electron chi connectivity index (χ2n) is 4.17. The van der Waals surface area contributed by atoms with Crippen LogP contribution in [0.15, 0.2) is 22.7 Å². The van der Waals surface area contributed by atoms with Gasteiger partial charge in [-0.1, -0.05) is 27.5 Å². The molecule has 0 saturated heterocycles. The van der Waals surface area contributed by atoms with Gasteiger partial charge in [-0.15, -0.1) is 11.3 Å². The van der Waals surface area contributed by atoms with E-state index in [1.807, 2.05) is 32.0 Å². The lowest BCUT2D eigenvalue weighted by atomic mass is 10.2. The summed E-state index contributed by atoms with van der Waals surface area (Å²) in [6, 6.07) is 6.00. The lowest BCUT2D eigenvalue weighted by Crippen LogP contribution is -2.06. The zero-order chi connectivity index (χ0) is 13.3. The van der Waals surface area contributed by atoms with Crippen molar-refractivity contribution in [3.05, 3.63) is 43.3 Å². The molecule has 0 radical (unpaired) electrons. The van der Waals surface area contributed by atoms with E-state index in [0.717, 1.165) is 25.9 Å². The van der Waals surface area contributed by atoms with E-state index in [1.54, 1.807) is 11.3 Å². The number of halogens is 2. The molecule has 1 N–H and O–H groups in total. The Balaban J connectivity index is 2.23. The summed E-state index contributed by atoms with van der Waals surface area (Å²) >= 11 is 11.4. The van der Waals surface area contributed by atoms with Crippen LogP contribution in [0.5, 0.6) is 0 Å². The second-order valence-corrected chi connectivity index (χ2v) is 6.73. The molecule has 2 nitrogen and oxygen atoms in total. The van der Waals surface area contributed by atoms with Crippen molar-refractivity contribution in [2.75, 3.05) is 5.32 Å². The molecule has 1 unspecified atom stereocenters. The van der Waals surface area contributed by atoms with Gasteiger partial charge in [0.2, 0.25) is 0 Å². The molecule has 1 aromatic heterocycles. The van der Waals surface area contributed by atoms with Gasteiger partial charge in [-0.05, 0) is 39.0 Å². The fraction of sp³-hybridized carbons (Fsp3) is 0.308. The molecule has 0 fully saturated rings. The van der Waals surface area contributed by atoms with E-state index < -0.39 is 0 Å². The average molecular weight is 346 g/mol. The number of hydrogen-bond acceptors (Lipinski definition) is 3. The molecule has 1 aromatic carbocycles. The number of nitrogens with one attached hydrogen (secondary N) is 1. The molecule has 0 amide bonds. The number of thiazole rings is 1. The number of rotatable bonds is 3. The van der Waals surface area contributed by atoms with Crippen LogP contribution in [0.4, 0.5) is 5.69 Å². The largest absolute Gasteiger partial charge is 0.376 e. The lowest BCUT2D eigenvalue weighted by molar-refractivity contribution is 0.890. The highest BCUT2D eigenvalue weighted by atomic mass is 79.9. The molecule has 96 valence electrons. The SMILES string of the molecule is Cc1nc(C)c(C(C)Nc2cc(Br)ccc2Cl)s1. The summed E-state index contributed by atoms with van der Waals surface area (Å²) in [5.41, 5.74) is 2.02. The van der Waals surface area contributed by atoms with E-state index in [1.165, 1.54) is 4.88 Å². The second kappa shape index (κ2) is 5.59. The average Bonchev–Trinajstić information content (AvgIpc) is 2.63. The van der Waals surface area contributed by atoms with Gasteiger partial charge in [0.25, 0.3) is 0 Å². The molecule has 0 aliphatic rings. The smallest absolute Gasteiger partial charge is 0.0900 e. The van der Waals surface area contributed by atoms with E-state index >= 15 is 0 Å². The molecule has 2 aromatic rings. The Morgan fingerprint density at radius 2 is 2.11 bits per heavy atom. The highest BCUT2D eigenvalue weighted by Crippen LogP contribution is 2.32. The van der Waals surface area contributed by atoms with Crippen molar-refractivity contribution in [3.63, 3.8) is 0 Å². The number of benzene rings is 1. The third-order valence-corrected chi connectivity index (χ3v) is 4.71. The summed E-state index contributed by atoms with van der Waals surface area (Å²) in [5, 5.41) is 5.25. The van der Waals surface area contributed by atoms with Gasteiger partial charge < -0.3 is 5.32 Å². The van der Waals surface area contributed by atoms with Gasteiger partial charge in [-0.2, -0.15) is 0 Å². The Hall–Kier alpha value is -0.580. The molecule has 0 bridgehead atoms. The maximum atomic E-state index is 6.18. The first-order valence-electron chi connectivity index (χ1n) is 5.63. The van der Waals surface area contributed by atoms with E-state index in [2.05, 4.69) is 33.2 Å². The van der Waals surface area contributed by atoms with Crippen molar-refractivity contribution in [1.29, 1.82) is 0 Å². The van der Waals surface area contributed by atoms with Gasteiger partial charge in [0.1, 0.15) is 0 Å². The van der Waals surface area contributed by atoms with Crippen LogP contribution in [-0.2, 0) is 0 Å². The fourth-order valence-electron chi connectivity index (χ4n) is 1.86. The maximum Gasteiger partial charge on any atom is 0.0900 e. The van der Waals surface area contributed by atoms with Gasteiger partial charge in [-0.3, -0.25) is 0 Å². The summed E-state index contributed by atoms with van der Waals surface area (Å²) in [4.78, 5) is 5.70. The molecule has 18 heavy (non-hydrogen) atoms. The predicted octanol–water partition coefficient (Wildman–Crippen LogP) is 5.35. The Kier molecular flexibility index (Phi) is 4.30. The van der Waals surface area contributed by atoms with Crippen LogP contribution in [-0.4, -0.2) is 4.98 Å². The normalized spacial score (nSPS) is 12.5. The Morgan fingerprint density at radius 3 is 2.72 bits per heavy atom. The Morgan fingerprint density at radius 1 is 1.39 bits per heavy atom. The molecule has 2 rings (SSSR count). The minimum Gasteiger partial charge on any atom is -0.376 e. The zero-order valence-corrected chi connectivity index (χ0v) is 13.6. The van der Waals surface area contributed by atoms with Crippen molar-refractivity contribution in [2.24, 2.45) is 0 Å². The van der Waals surface area contributed by atoms with Gasteiger partial charge >= 0.3 is 0 Å². The summed E-state index contributed by atoms with van der Waals surface area (Å²) in [5.74, 6) is 0. The molecular weight excluding hydrogens is 332 g/mol. The predicted molar refractivity (Wildman–Crippen MR) is 82.8 cm³/mol. The van der Waals surface area contributed by atoms with E-state index in [4.69, 9.17) is 11.6 Å². The summed E-state index contributed by atoms with van der Waals surface area (Å²) in [7, 11) is 0. The molecule has 0 aliphatic carbocycles. The Bertz CT molecular complexity index is 568. The van der Waals surface area contributed by atoms with Crippen LogP contribution >= 0.6 is 38.9 Å². The third kappa shape index (κ3) is 3.05. The molecular formula is C13H14BrClN2S. The topological polar surface area (TPSA) is 24.9 Å². The Labute approximate surface area is 125 Å². The highest BCUT2D eigenvalue weighted by molar-refractivity contribution is 9.10. The van der Waals surface area contributed by atoms with Gasteiger partial charge in [-0.25, -0.2) is 4.98 Å². The van der Waals surface area contributed by atoms with Crippen molar-refractivity contribution in [2.45, 2.75) is 26.8 Å². The summed E-state index contributed by atoms with van der Waals surface area (Å²) in [6.07, 6.45) is 0. The molecule has 1 heterocycles. The van der Waals surface area contributed by atoms with E-state index in [0.29, 0.717) is 0 Å². The first kappa shape index (κ1) is 13.8. The number of anilines is 1. The van der Waals surface area contributed by atoms with Crippen LogP contribution in [0.1, 0.15) is 28.5 Å². The van der Waals surface area contributed by atoms with Crippen LogP contribution < -0.4 is 5.32 Å². The minimum absolute atomic E-state index is 0.197. The van der Waals surface area contributed by atoms with Crippen LogP contribution in [0.3, 0.4) is 0 Å². The van der Waals surface area contributed by atoms with E-state index in [-0.39, 0.29) is 6.04 Å². The van der Waals surface area contributed by atoms with Crippen LogP contribution in [0, 0.1) is 13.8 Å². The van der Waals surface area contributed by atoms with Crippen LogP contribution in [0.25, 0.3) is 0 Å². The number of aromatic nitrogens is 1. The monoisotopic (exact) mass is 344 g/mol. The number of hydrogen-bond donors (Lipinski definition) is 1. The molecule has 0 saturated carbocycles. The standard InChI is InChI=1S/C13H14BrClN2S/c1-7-13(18-9(3)16-7)8(2)17-12-6-10(14)4-5-11(12)15/h4-6,8,17H,1-3H3. The van der Waals surface area contributed by atoms with Crippen molar-refractivity contribution in [1.82, 2.24) is 4.98 Å². The lowest BCUT2D eigenvalue weighted by Gasteiger charge is -2.15. The molecule has 0 spiro atoms. The first-order valence-corrected chi connectivity index (χ1v) is 7.61. The van der Waals surface area contributed by atoms with Gasteiger partial charge in [0, 0.05) is 9.35 Å². The number of nitrogens with zero attached hydrogens (tertiary/aromatic N) is 1. The van der Waals surface area contributed by atoms with Gasteiger partial charge in [0.15, 0.2) is 0 Å². The van der Waals surface area contributed by atoms with Crippen molar-refractivity contribution >= 4 is 44.6 Å². The highest BCUT2D eigenvalue weighted by Gasteiger charge is 2.14. The zero-order valence-electron chi connectivity index (χ0n) is 10.4. The third-order valence-electron chi connectivity index (χ3n) is 2.63. The quantitative estimate of drug-likeness (QED) is 0.811. The number of aryl methyl sites for hydroxylation is 2. The molecule has 0 aliphatic heterocycles. The molecule has 5 heteroatoms. The van der Waals surface area contributed by atoms with Crippen LogP contribution in [0.2, 0.25) is 5.02 Å². The van der Waals surface area contributed by atoms with Crippen molar-refractivity contribution < 1.29 is 0 Å². The fourth-order valence-corrected chi connectivity index (χ4v) is 3.32.